The van der Waals surface area contributed by atoms with Gasteiger partial charge in [-0.15, -0.1) is 0 Å². The molecule has 19 heavy (non-hydrogen) atoms. The molecule has 0 aliphatic rings. The summed E-state index contributed by atoms with van der Waals surface area (Å²) in [6.45, 7) is 4.12. The number of benzene rings is 1. The zero-order chi connectivity index (χ0) is 14.3. The van der Waals surface area contributed by atoms with Crippen LogP contribution in [0.1, 0.15) is 19.4 Å². The minimum Gasteiger partial charge on any atom is -0.350 e. The van der Waals surface area contributed by atoms with Crippen LogP contribution >= 0.6 is 0 Å². The summed E-state index contributed by atoms with van der Waals surface area (Å²) in [6, 6.07) is 9.00. The van der Waals surface area contributed by atoms with E-state index in [0.29, 0.717) is 6.54 Å². The summed E-state index contributed by atoms with van der Waals surface area (Å²) >= 11 is 0. The second-order valence-electron chi connectivity index (χ2n) is 4.75. The van der Waals surface area contributed by atoms with Crippen molar-refractivity contribution in [2.24, 2.45) is 11.7 Å². The van der Waals surface area contributed by atoms with Crippen LogP contribution in [0.15, 0.2) is 30.3 Å². The highest BCUT2D eigenvalue weighted by atomic mass is 16.2. The molecule has 1 unspecified atom stereocenters. The molecule has 104 valence electrons. The number of nitrogens with two attached hydrogens (primary N) is 1. The molecular formula is C14H21N3O2. The Morgan fingerprint density at radius 1 is 1.16 bits per heavy atom. The van der Waals surface area contributed by atoms with E-state index < -0.39 is 6.04 Å². The van der Waals surface area contributed by atoms with E-state index in [1.165, 1.54) is 0 Å². The molecule has 5 nitrogen and oxygen atoms in total. The number of nitrogens with one attached hydrogen (secondary N) is 2. The zero-order valence-electron chi connectivity index (χ0n) is 11.3. The van der Waals surface area contributed by atoms with E-state index >= 15 is 0 Å². The fraction of sp³-hybridized carbons (Fsp3) is 0.429. The monoisotopic (exact) mass is 263 g/mol. The molecule has 0 fully saturated rings. The smallest absolute Gasteiger partial charge is 0.239 e. The van der Waals surface area contributed by atoms with Gasteiger partial charge in [-0.1, -0.05) is 44.2 Å². The summed E-state index contributed by atoms with van der Waals surface area (Å²) in [7, 11) is 0. The van der Waals surface area contributed by atoms with Gasteiger partial charge in [0, 0.05) is 6.54 Å². The van der Waals surface area contributed by atoms with E-state index in [1.807, 2.05) is 44.2 Å². The molecule has 0 saturated heterocycles. The van der Waals surface area contributed by atoms with E-state index in [0.717, 1.165) is 5.56 Å². The number of amides is 2. The lowest BCUT2D eigenvalue weighted by atomic mass is 10.1. The fourth-order valence-corrected chi connectivity index (χ4v) is 1.45. The summed E-state index contributed by atoms with van der Waals surface area (Å²) in [5, 5.41) is 5.25. The molecular weight excluding hydrogens is 242 g/mol. The van der Waals surface area contributed by atoms with Crippen LogP contribution in [0.5, 0.6) is 0 Å². The standard InChI is InChI=1S/C14H21N3O2/c1-10(2)13(15)14(19)17-9-12(18)16-8-11-6-4-3-5-7-11/h3-7,10,13H,8-9,15H2,1-2H3,(H,16,18)(H,17,19). The van der Waals surface area contributed by atoms with Crippen LogP contribution in [0.4, 0.5) is 0 Å². The molecule has 2 amide bonds. The normalized spacial score (nSPS) is 12.0. The predicted molar refractivity (Wildman–Crippen MR) is 74.1 cm³/mol. The number of carbonyl (C=O) groups is 2. The van der Waals surface area contributed by atoms with Crippen LogP contribution in [0.3, 0.4) is 0 Å². The Bertz CT molecular complexity index is 418. The number of rotatable bonds is 6. The lowest BCUT2D eigenvalue weighted by molar-refractivity contribution is -0.127. The van der Waals surface area contributed by atoms with Crippen molar-refractivity contribution < 1.29 is 9.59 Å². The van der Waals surface area contributed by atoms with Crippen molar-refractivity contribution in [2.75, 3.05) is 6.54 Å². The molecule has 0 saturated carbocycles. The molecule has 4 N–H and O–H groups in total. The summed E-state index contributed by atoms with van der Waals surface area (Å²) < 4.78 is 0. The third kappa shape index (κ3) is 5.52. The Morgan fingerprint density at radius 3 is 2.37 bits per heavy atom. The molecule has 1 aromatic carbocycles. The fourth-order valence-electron chi connectivity index (χ4n) is 1.45. The molecule has 0 heterocycles. The van der Waals surface area contributed by atoms with Gasteiger partial charge in [0.25, 0.3) is 0 Å². The SMILES string of the molecule is CC(C)C(N)C(=O)NCC(=O)NCc1ccccc1. The largest absolute Gasteiger partial charge is 0.350 e. The van der Waals surface area contributed by atoms with E-state index in [1.54, 1.807) is 0 Å². The van der Waals surface area contributed by atoms with Crippen LogP contribution in [0.25, 0.3) is 0 Å². The molecule has 0 bridgehead atoms. The third-order valence-electron chi connectivity index (χ3n) is 2.78. The van der Waals surface area contributed by atoms with Gasteiger partial charge in [0.2, 0.25) is 11.8 Å². The number of carbonyl (C=O) groups excluding carboxylic acids is 2. The Labute approximate surface area is 113 Å². The maximum atomic E-state index is 11.5. The van der Waals surface area contributed by atoms with Crippen LogP contribution in [0.2, 0.25) is 0 Å². The van der Waals surface area contributed by atoms with Gasteiger partial charge in [-0.25, -0.2) is 0 Å². The zero-order valence-corrected chi connectivity index (χ0v) is 11.3. The molecule has 1 aromatic rings. The molecule has 5 heteroatoms. The maximum Gasteiger partial charge on any atom is 0.239 e. The van der Waals surface area contributed by atoms with Crippen LogP contribution in [-0.2, 0) is 16.1 Å². The summed E-state index contributed by atoms with van der Waals surface area (Å²) in [5.41, 5.74) is 6.68. The highest BCUT2D eigenvalue weighted by Crippen LogP contribution is 1.98. The highest BCUT2D eigenvalue weighted by molar-refractivity contribution is 5.87. The molecule has 1 atom stereocenters. The Balaban J connectivity index is 2.27. The van der Waals surface area contributed by atoms with Gasteiger partial charge >= 0.3 is 0 Å². The minimum atomic E-state index is -0.582. The second-order valence-corrected chi connectivity index (χ2v) is 4.75. The summed E-state index contributed by atoms with van der Waals surface area (Å²) in [6.07, 6.45) is 0. The van der Waals surface area contributed by atoms with Gasteiger partial charge in [0.05, 0.1) is 12.6 Å². The molecule has 0 spiro atoms. The van der Waals surface area contributed by atoms with E-state index in [4.69, 9.17) is 5.73 Å². The number of hydrogen-bond acceptors (Lipinski definition) is 3. The van der Waals surface area contributed by atoms with Crippen LogP contribution in [-0.4, -0.2) is 24.4 Å². The first-order valence-electron chi connectivity index (χ1n) is 6.34. The topological polar surface area (TPSA) is 84.2 Å². The first-order chi connectivity index (χ1) is 9.00. The van der Waals surface area contributed by atoms with Crippen molar-refractivity contribution >= 4 is 11.8 Å². The molecule has 0 aliphatic carbocycles. The van der Waals surface area contributed by atoms with Gasteiger partial charge < -0.3 is 16.4 Å². The average molecular weight is 263 g/mol. The summed E-state index contributed by atoms with van der Waals surface area (Å²) in [4.78, 5) is 23.1. The van der Waals surface area contributed by atoms with Crippen molar-refractivity contribution in [3.05, 3.63) is 35.9 Å². The van der Waals surface area contributed by atoms with Gasteiger partial charge in [-0.3, -0.25) is 9.59 Å². The molecule has 0 aliphatic heterocycles. The molecule has 1 rings (SSSR count). The van der Waals surface area contributed by atoms with Crippen molar-refractivity contribution in [1.29, 1.82) is 0 Å². The van der Waals surface area contributed by atoms with Crippen LogP contribution in [0, 0.1) is 5.92 Å². The Hall–Kier alpha value is -1.88. The molecule has 0 aromatic heterocycles. The maximum absolute atomic E-state index is 11.5. The van der Waals surface area contributed by atoms with E-state index in [9.17, 15) is 9.59 Å². The predicted octanol–water partition coefficient (Wildman–Crippen LogP) is 0.402. The lowest BCUT2D eigenvalue weighted by Crippen LogP contribution is -2.47. The molecule has 0 radical (unpaired) electrons. The van der Waals surface area contributed by atoms with E-state index in [2.05, 4.69) is 10.6 Å². The first-order valence-corrected chi connectivity index (χ1v) is 6.34. The van der Waals surface area contributed by atoms with Crippen molar-refractivity contribution in [1.82, 2.24) is 10.6 Å². The highest BCUT2D eigenvalue weighted by Gasteiger charge is 2.17. The number of hydrogen-bond donors (Lipinski definition) is 3. The van der Waals surface area contributed by atoms with Crippen molar-refractivity contribution in [3.63, 3.8) is 0 Å². The van der Waals surface area contributed by atoms with Gasteiger partial charge in [0.15, 0.2) is 0 Å². The second kappa shape index (κ2) is 7.53. The Morgan fingerprint density at radius 2 is 1.79 bits per heavy atom. The first kappa shape index (κ1) is 15.2. The lowest BCUT2D eigenvalue weighted by Gasteiger charge is -2.15. The van der Waals surface area contributed by atoms with Gasteiger partial charge in [-0.05, 0) is 11.5 Å². The van der Waals surface area contributed by atoms with Crippen LogP contribution < -0.4 is 16.4 Å². The quantitative estimate of drug-likeness (QED) is 0.694. The van der Waals surface area contributed by atoms with Crippen molar-refractivity contribution in [3.8, 4) is 0 Å². The van der Waals surface area contributed by atoms with E-state index in [-0.39, 0.29) is 24.3 Å². The van der Waals surface area contributed by atoms with Crippen molar-refractivity contribution in [2.45, 2.75) is 26.4 Å². The summed E-state index contributed by atoms with van der Waals surface area (Å²) in [5.74, 6) is -0.481. The van der Waals surface area contributed by atoms with Gasteiger partial charge in [-0.2, -0.15) is 0 Å². The third-order valence-corrected chi connectivity index (χ3v) is 2.78. The Kier molecular flexibility index (Phi) is 6.02. The average Bonchev–Trinajstić information content (AvgIpc) is 2.42. The van der Waals surface area contributed by atoms with Gasteiger partial charge in [0.1, 0.15) is 0 Å². The minimum absolute atomic E-state index is 0.0485.